The van der Waals surface area contributed by atoms with Crippen molar-refractivity contribution in [3.8, 4) is 0 Å². The predicted molar refractivity (Wildman–Crippen MR) is 51.3 cm³/mol. The van der Waals surface area contributed by atoms with Crippen LogP contribution in [0.4, 0.5) is 0 Å². The maximum absolute atomic E-state index is 5.30. The van der Waals surface area contributed by atoms with Gasteiger partial charge in [-0.1, -0.05) is 42.9 Å². The molecule has 0 saturated heterocycles. The summed E-state index contributed by atoms with van der Waals surface area (Å²) in [5.41, 5.74) is 0.658. The molecule has 0 N–H and O–H groups in total. The number of hydrogen-bond acceptors (Lipinski definition) is 1. The van der Waals surface area contributed by atoms with Crippen LogP contribution in [-0.2, 0) is 4.74 Å². The number of ether oxygens (including phenoxy) is 1. The van der Waals surface area contributed by atoms with Gasteiger partial charge in [0.25, 0.3) is 0 Å². The van der Waals surface area contributed by atoms with Crippen LogP contribution in [-0.4, -0.2) is 20.9 Å². The van der Waals surface area contributed by atoms with Crippen LogP contribution in [0, 0.1) is 0 Å². The summed E-state index contributed by atoms with van der Waals surface area (Å²) >= 11 is 3.24. The largest absolute Gasteiger partial charge is 0.370 e. The van der Waals surface area contributed by atoms with E-state index in [2.05, 4.69) is 42.9 Å². The van der Waals surface area contributed by atoms with Gasteiger partial charge in [0, 0.05) is 0 Å². The highest BCUT2D eigenvalue weighted by atomic mass is 79.9. The summed E-state index contributed by atoms with van der Waals surface area (Å²) < 4.78 is 5.30. The molecular formula is C7H16BrOSi. The third-order valence-electron chi connectivity index (χ3n) is 1.89. The maximum Gasteiger partial charge on any atom is 0.102 e. The van der Waals surface area contributed by atoms with Gasteiger partial charge in [-0.25, -0.2) is 0 Å². The summed E-state index contributed by atoms with van der Waals surface area (Å²) in [7, 11) is -0.229. The summed E-state index contributed by atoms with van der Waals surface area (Å²) in [6.07, 6.45) is 0. The first kappa shape index (κ1) is 10.7. The van der Waals surface area contributed by atoms with Gasteiger partial charge in [0.15, 0.2) is 0 Å². The van der Waals surface area contributed by atoms with Gasteiger partial charge in [0.1, 0.15) is 5.52 Å². The lowest BCUT2D eigenvalue weighted by atomic mass is 10.2. The molecule has 1 nitrogen and oxygen atoms in total. The van der Waals surface area contributed by atoms with Gasteiger partial charge in [0.05, 0.1) is 15.4 Å². The quantitative estimate of drug-likeness (QED) is 0.527. The topological polar surface area (TPSA) is 9.23 Å². The van der Waals surface area contributed by atoms with E-state index in [1.54, 1.807) is 0 Å². The predicted octanol–water partition coefficient (Wildman–Crippen LogP) is 2.89. The van der Waals surface area contributed by atoms with E-state index in [-0.39, 0.29) is 8.80 Å². The minimum atomic E-state index is -0.229. The monoisotopic (exact) mass is 223 g/mol. The third-order valence-corrected chi connectivity index (χ3v) is 5.07. The van der Waals surface area contributed by atoms with Crippen molar-refractivity contribution in [2.45, 2.75) is 32.0 Å². The van der Waals surface area contributed by atoms with Crippen molar-refractivity contribution in [2.24, 2.45) is 0 Å². The Balaban J connectivity index is 3.63. The zero-order valence-electron chi connectivity index (χ0n) is 7.20. The van der Waals surface area contributed by atoms with Crippen LogP contribution < -0.4 is 0 Å². The van der Waals surface area contributed by atoms with E-state index in [0.717, 1.165) is 6.61 Å². The molecule has 0 aliphatic carbocycles. The van der Waals surface area contributed by atoms with Crippen LogP contribution in [0.15, 0.2) is 0 Å². The molecule has 0 aromatic carbocycles. The fourth-order valence-corrected chi connectivity index (χ4v) is 0.991. The number of hydrogen-bond donors (Lipinski definition) is 0. The Hall–Kier alpha value is 0.657. The smallest absolute Gasteiger partial charge is 0.102 e. The average molecular weight is 224 g/mol. The Bertz CT molecular complexity index is 93.6. The Labute approximate surface area is 73.9 Å². The van der Waals surface area contributed by atoms with Crippen molar-refractivity contribution < 1.29 is 4.74 Å². The number of alkyl halides is 1. The Morgan fingerprint density at radius 2 is 1.90 bits per heavy atom. The van der Waals surface area contributed by atoms with Crippen molar-refractivity contribution in [2.75, 3.05) is 12.1 Å². The van der Waals surface area contributed by atoms with Crippen LogP contribution in [0.5, 0.6) is 0 Å². The zero-order valence-corrected chi connectivity index (χ0v) is 9.79. The molecule has 0 rings (SSSR count). The average Bonchev–Trinajstić information content (AvgIpc) is 1.84. The SMILES string of the molecule is C[Si](C)C(C)(C)COCBr. The summed E-state index contributed by atoms with van der Waals surface area (Å²) in [5.74, 6) is 0. The fourth-order valence-electron chi connectivity index (χ4n) is 0.438. The van der Waals surface area contributed by atoms with E-state index in [1.165, 1.54) is 0 Å². The van der Waals surface area contributed by atoms with Gasteiger partial charge in [0.2, 0.25) is 0 Å². The molecule has 0 atom stereocenters. The number of halogens is 1. The van der Waals surface area contributed by atoms with Crippen molar-refractivity contribution in [3.63, 3.8) is 0 Å². The highest BCUT2D eigenvalue weighted by molar-refractivity contribution is 9.09. The van der Waals surface area contributed by atoms with Crippen molar-refractivity contribution in [3.05, 3.63) is 0 Å². The van der Waals surface area contributed by atoms with E-state index >= 15 is 0 Å². The summed E-state index contributed by atoms with van der Waals surface area (Å²) in [6, 6.07) is 0. The second-order valence-corrected chi connectivity index (χ2v) is 7.15. The summed E-state index contributed by atoms with van der Waals surface area (Å²) in [6.45, 7) is 10.1. The van der Waals surface area contributed by atoms with Gasteiger partial charge in [-0.05, 0) is 5.04 Å². The van der Waals surface area contributed by atoms with Crippen LogP contribution in [0.2, 0.25) is 18.1 Å². The molecule has 3 heteroatoms. The van der Waals surface area contributed by atoms with Gasteiger partial charge < -0.3 is 4.74 Å². The summed E-state index contributed by atoms with van der Waals surface area (Å²) in [4.78, 5) is 0. The van der Waals surface area contributed by atoms with E-state index in [1.807, 2.05) is 0 Å². The zero-order chi connectivity index (χ0) is 8.20. The summed E-state index contributed by atoms with van der Waals surface area (Å²) in [5, 5.41) is 0.401. The molecule has 61 valence electrons. The maximum atomic E-state index is 5.30. The molecule has 0 spiro atoms. The van der Waals surface area contributed by atoms with Crippen molar-refractivity contribution in [1.82, 2.24) is 0 Å². The normalized spacial score (nSPS) is 12.6. The number of rotatable bonds is 4. The third kappa shape index (κ3) is 3.74. The lowest BCUT2D eigenvalue weighted by molar-refractivity contribution is 0.160. The lowest BCUT2D eigenvalue weighted by Gasteiger charge is -2.26. The first-order chi connectivity index (χ1) is 4.50. The van der Waals surface area contributed by atoms with E-state index in [0.29, 0.717) is 10.6 Å². The van der Waals surface area contributed by atoms with Gasteiger partial charge >= 0.3 is 0 Å². The van der Waals surface area contributed by atoms with Crippen LogP contribution in [0.25, 0.3) is 0 Å². The Morgan fingerprint density at radius 3 is 2.20 bits per heavy atom. The second-order valence-electron chi connectivity index (χ2n) is 3.34. The molecule has 0 aliphatic heterocycles. The Morgan fingerprint density at radius 1 is 1.40 bits per heavy atom. The van der Waals surface area contributed by atoms with Crippen LogP contribution in [0.3, 0.4) is 0 Å². The minimum Gasteiger partial charge on any atom is -0.370 e. The standard InChI is InChI=1S/C7H16BrOSi/c1-7(2,10(3)4)5-9-6-8/h5-6H2,1-4H3. The van der Waals surface area contributed by atoms with Crippen molar-refractivity contribution >= 4 is 24.7 Å². The second kappa shape index (κ2) is 4.52. The molecule has 1 radical (unpaired) electrons. The van der Waals surface area contributed by atoms with Crippen molar-refractivity contribution in [1.29, 1.82) is 0 Å². The van der Waals surface area contributed by atoms with Gasteiger partial charge in [-0.15, -0.1) is 0 Å². The molecule has 0 aromatic rings. The van der Waals surface area contributed by atoms with E-state index in [9.17, 15) is 0 Å². The highest BCUT2D eigenvalue weighted by Gasteiger charge is 2.23. The van der Waals surface area contributed by atoms with Gasteiger partial charge in [-0.2, -0.15) is 0 Å². The van der Waals surface area contributed by atoms with E-state index < -0.39 is 0 Å². The molecule has 0 heterocycles. The molecule has 0 bridgehead atoms. The highest BCUT2D eigenvalue weighted by Crippen LogP contribution is 2.28. The molecule has 0 aliphatic rings. The molecule has 0 aromatic heterocycles. The van der Waals surface area contributed by atoms with Gasteiger partial charge in [-0.3, -0.25) is 0 Å². The molecule has 10 heavy (non-hydrogen) atoms. The first-order valence-electron chi connectivity index (χ1n) is 3.45. The minimum absolute atomic E-state index is 0.229. The van der Waals surface area contributed by atoms with Crippen LogP contribution in [0.1, 0.15) is 13.8 Å². The van der Waals surface area contributed by atoms with Crippen LogP contribution >= 0.6 is 15.9 Å². The fraction of sp³-hybridized carbons (Fsp3) is 1.00. The molecule has 0 saturated carbocycles. The van der Waals surface area contributed by atoms with E-state index in [4.69, 9.17) is 4.74 Å². The molecule has 0 fully saturated rings. The first-order valence-corrected chi connectivity index (χ1v) is 7.07. The molecule has 0 unspecified atom stereocenters. The Kier molecular flexibility index (Phi) is 4.81. The molecule has 0 amide bonds. The molecular weight excluding hydrogens is 208 g/mol. The lowest BCUT2D eigenvalue weighted by Crippen LogP contribution is -2.25.